The van der Waals surface area contributed by atoms with Crippen LogP contribution in [0.15, 0.2) is 52.7 Å². The van der Waals surface area contributed by atoms with E-state index in [1.807, 2.05) is 30.3 Å². The number of nitrogens with one attached hydrogen (secondary N) is 2. The van der Waals surface area contributed by atoms with Gasteiger partial charge in [-0.25, -0.2) is 9.78 Å². The standard InChI is InChI=1S/C17H17N3O3/c1-3-23-17(22)12-10(2)20-15-14(16(21)19-9-18-15)13(12)11-7-5-4-6-8-11/h4-9,13H,3H2,1-2H3,(H2,18,19,20,21). The van der Waals surface area contributed by atoms with Crippen molar-refractivity contribution in [1.29, 1.82) is 0 Å². The Kier molecular flexibility index (Phi) is 3.97. The third kappa shape index (κ3) is 2.63. The molecule has 0 saturated heterocycles. The predicted octanol–water partition coefficient (Wildman–Crippen LogP) is 2.16. The van der Waals surface area contributed by atoms with Gasteiger partial charge in [0.1, 0.15) is 5.82 Å². The number of carbonyl (C=O) groups excluding carboxylic acids is 1. The lowest BCUT2D eigenvalue weighted by Crippen LogP contribution is -2.30. The van der Waals surface area contributed by atoms with Crippen LogP contribution < -0.4 is 10.9 Å². The van der Waals surface area contributed by atoms with E-state index in [4.69, 9.17) is 4.74 Å². The van der Waals surface area contributed by atoms with Crippen LogP contribution in [0.5, 0.6) is 0 Å². The van der Waals surface area contributed by atoms with Crippen molar-refractivity contribution in [2.24, 2.45) is 0 Å². The minimum absolute atomic E-state index is 0.271. The molecule has 0 amide bonds. The van der Waals surface area contributed by atoms with Crippen LogP contribution in [0.4, 0.5) is 5.82 Å². The maximum atomic E-state index is 12.5. The zero-order chi connectivity index (χ0) is 16.4. The minimum atomic E-state index is -0.510. The van der Waals surface area contributed by atoms with Crippen molar-refractivity contribution < 1.29 is 9.53 Å². The number of carbonyl (C=O) groups is 1. The van der Waals surface area contributed by atoms with E-state index in [2.05, 4.69) is 15.3 Å². The van der Waals surface area contributed by atoms with Crippen LogP contribution in [0.3, 0.4) is 0 Å². The molecule has 118 valence electrons. The van der Waals surface area contributed by atoms with Gasteiger partial charge in [-0.1, -0.05) is 30.3 Å². The number of hydrogen-bond donors (Lipinski definition) is 2. The molecule has 2 N–H and O–H groups in total. The van der Waals surface area contributed by atoms with Gasteiger partial charge in [-0.3, -0.25) is 4.79 Å². The van der Waals surface area contributed by atoms with Crippen molar-refractivity contribution in [3.05, 3.63) is 69.4 Å². The van der Waals surface area contributed by atoms with Gasteiger partial charge in [0.25, 0.3) is 5.56 Å². The summed E-state index contributed by atoms with van der Waals surface area (Å²) < 4.78 is 5.19. The maximum Gasteiger partial charge on any atom is 0.336 e. The Labute approximate surface area is 133 Å². The summed E-state index contributed by atoms with van der Waals surface area (Å²) in [5, 5.41) is 3.04. The van der Waals surface area contributed by atoms with E-state index in [1.165, 1.54) is 6.33 Å². The highest BCUT2D eigenvalue weighted by atomic mass is 16.5. The normalized spacial score (nSPS) is 16.5. The summed E-state index contributed by atoms with van der Waals surface area (Å²) in [6.07, 6.45) is 1.35. The largest absolute Gasteiger partial charge is 0.463 e. The summed E-state index contributed by atoms with van der Waals surface area (Å²) in [6.45, 7) is 3.81. The molecular weight excluding hydrogens is 294 g/mol. The van der Waals surface area contributed by atoms with Gasteiger partial charge in [-0.2, -0.15) is 0 Å². The fraction of sp³-hybridized carbons (Fsp3) is 0.235. The van der Waals surface area contributed by atoms with Crippen molar-refractivity contribution in [2.45, 2.75) is 19.8 Å². The molecule has 0 radical (unpaired) electrons. The summed E-state index contributed by atoms with van der Waals surface area (Å²) in [6, 6.07) is 9.41. The van der Waals surface area contributed by atoms with Crippen molar-refractivity contribution >= 4 is 11.8 Å². The fourth-order valence-corrected chi connectivity index (χ4v) is 2.84. The number of rotatable bonds is 3. The Morgan fingerprint density at radius 3 is 2.74 bits per heavy atom. The highest BCUT2D eigenvalue weighted by molar-refractivity contribution is 5.94. The third-order valence-electron chi connectivity index (χ3n) is 3.80. The number of ether oxygens (including phenoxy) is 1. The Morgan fingerprint density at radius 1 is 1.30 bits per heavy atom. The van der Waals surface area contributed by atoms with Gasteiger partial charge in [0, 0.05) is 5.70 Å². The van der Waals surface area contributed by atoms with E-state index in [0.717, 1.165) is 5.56 Å². The molecule has 1 atom stereocenters. The average Bonchev–Trinajstić information content (AvgIpc) is 2.54. The first-order valence-electron chi connectivity index (χ1n) is 7.41. The molecule has 0 spiro atoms. The summed E-state index contributed by atoms with van der Waals surface area (Å²) in [7, 11) is 0. The highest BCUT2D eigenvalue weighted by Crippen LogP contribution is 2.39. The van der Waals surface area contributed by atoms with Crippen LogP contribution >= 0.6 is 0 Å². The van der Waals surface area contributed by atoms with Gasteiger partial charge in [0.05, 0.1) is 30.0 Å². The smallest absolute Gasteiger partial charge is 0.336 e. The van der Waals surface area contributed by atoms with Crippen LogP contribution in [0.1, 0.15) is 30.9 Å². The molecule has 6 nitrogen and oxygen atoms in total. The average molecular weight is 311 g/mol. The summed E-state index contributed by atoms with van der Waals surface area (Å²) in [5.74, 6) is -0.475. The fourth-order valence-electron chi connectivity index (χ4n) is 2.84. The van der Waals surface area contributed by atoms with Crippen LogP contribution in [0.2, 0.25) is 0 Å². The van der Waals surface area contributed by atoms with Crippen LogP contribution in [0.25, 0.3) is 0 Å². The third-order valence-corrected chi connectivity index (χ3v) is 3.80. The zero-order valence-electron chi connectivity index (χ0n) is 12.9. The molecule has 23 heavy (non-hydrogen) atoms. The second-order valence-electron chi connectivity index (χ2n) is 5.22. The van der Waals surface area contributed by atoms with Crippen molar-refractivity contribution in [1.82, 2.24) is 9.97 Å². The Hall–Kier alpha value is -2.89. The predicted molar refractivity (Wildman–Crippen MR) is 86.1 cm³/mol. The topological polar surface area (TPSA) is 84.1 Å². The summed E-state index contributed by atoms with van der Waals surface area (Å²) in [5.41, 5.74) is 2.07. The number of fused-ring (bicyclic) bond motifs is 1. The molecular formula is C17H17N3O3. The van der Waals surface area contributed by atoms with Crippen LogP contribution in [0, 0.1) is 0 Å². The molecule has 1 aliphatic heterocycles. The number of aromatic amines is 1. The number of allylic oxidation sites excluding steroid dienone is 1. The Bertz CT molecular complexity index is 824. The quantitative estimate of drug-likeness (QED) is 0.849. The molecule has 1 aromatic carbocycles. The number of anilines is 1. The van der Waals surface area contributed by atoms with Gasteiger partial charge in [0.2, 0.25) is 0 Å². The molecule has 0 fully saturated rings. The molecule has 6 heteroatoms. The number of nitrogens with zero attached hydrogens (tertiary/aromatic N) is 1. The first kappa shape index (κ1) is 15.0. The number of H-pyrrole nitrogens is 1. The molecule has 0 aliphatic carbocycles. The lowest BCUT2D eigenvalue weighted by Gasteiger charge is -2.28. The SMILES string of the molecule is CCOC(=O)C1=C(C)Nc2nc[nH]c(=O)c2C1c1ccccc1. The molecule has 2 aromatic rings. The first-order chi connectivity index (χ1) is 11.1. The molecule has 1 unspecified atom stereocenters. The van der Waals surface area contributed by atoms with Crippen molar-refractivity contribution in [3.63, 3.8) is 0 Å². The molecule has 1 aliphatic rings. The highest BCUT2D eigenvalue weighted by Gasteiger charge is 2.35. The van der Waals surface area contributed by atoms with E-state index < -0.39 is 11.9 Å². The monoisotopic (exact) mass is 311 g/mol. The van der Waals surface area contributed by atoms with E-state index in [1.54, 1.807) is 13.8 Å². The van der Waals surface area contributed by atoms with E-state index in [-0.39, 0.29) is 12.2 Å². The van der Waals surface area contributed by atoms with Gasteiger partial charge >= 0.3 is 5.97 Å². The molecule has 0 saturated carbocycles. The minimum Gasteiger partial charge on any atom is -0.463 e. The van der Waals surface area contributed by atoms with Gasteiger partial charge < -0.3 is 15.0 Å². The Morgan fingerprint density at radius 2 is 2.04 bits per heavy atom. The number of benzene rings is 1. The number of aromatic nitrogens is 2. The van der Waals surface area contributed by atoms with Gasteiger partial charge in [-0.15, -0.1) is 0 Å². The van der Waals surface area contributed by atoms with Crippen LogP contribution in [-0.2, 0) is 9.53 Å². The maximum absolute atomic E-state index is 12.5. The van der Waals surface area contributed by atoms with Gasteiger partial charge in [-0.05, 0) is 19.4 Å². The molecule has 0 bridgehead atoms. The zero-order valence-corrected chi connectivity index (χ0v) is 12.9. The van der Waals surface area contributed by atoms with E-state index in [9.17, 15) is 9.59 Å². The summed E-state index contributed by atoms with van der Waals surface area (Å²) >= 11 is 0. The molecule has 2 heterocycles. The second kappa shape index (κ2) is 6.08. The number of hydrogen-bond acceptors (Lipinski definition) is 5. The van der Waals surface area contributed by atoms with E-state index >= 15 is 0 Å². The second-order valence-corrected chi connectivity index (χ2v) is 5.22. The lowest BCUT2D eigenvalue weighted by molar-refractivity contribution is -0.138. The van der Waals surface area contributed by atoms with Crippen molar-refractivity contribution in [2.75, 3.05) is 11.9 Å². The summed E-state index contributed by atoms with van der Waals surface area (Å²) in [4.78, 5) is 31.6. The molecule has 1 aromatic heterocycles. The van der Waals surface area contributed by atoms with E-state index in [0.29, 0.717) is 22.7 Å². The lowest BCUT2D eigenvalue weighted by atomic mass is 9.82. The molecule has 3 rings (SSSR count). The Balaban J connectivity index is 2.24. The first-order valence-corrected chi connectivity index (χ1v) is 7.41. The van der Waals surface area contributed by atoms with Crippen molar-refractivity contribution in [3.8, 4) is 0 Å². The van der Waals surface area contributed by atoms with Gasteiger partial charge in [0.15, 0.2) is 0 Å². The van der Waals surface area contributed by atoms with Crippen LogP contribution in [-0.4, -0.2) is 22.5 Å². The number of esters is 1.